The molecule has 0 aromatic heterocycles. The fourth-order valence-electron chi connectivity index (χ4n) is 1.93. The summed E-state index contributed by atoms with van der Waals surface area (Å²) in [5.74, 6) is 0.300. The zero-order valence-corrected chi connectivity index (χ0v) is 11.9. The molecular formula is C15H23N3O2. The van der Waals surface area contributed by atoms with Gasteiger partial charge in [0.25, 0.3) is 0 Å². The van der Waals surface area contributed by atoms with Crippen molar-refractivity contribution in [2.24, 2.45) is 5.92 Å². The Bertz CT molecular complexity index is 458. The molecule has 0 bridgehead atoms. The molecule has 5 nitrogen and oxygen atoms in total. The largest absolute Gasteiger partial charge is 0.397 e. The van der Waals surface area contributed by atoms with Crippen LogP contribution in [0.4, 0.5) is 17.1 Å². The van der Waals surface area contributed by atoms with Gasteiger partial charge in [0.2, 0.25) is 5.91 Å². The Kier molecular flexibility index (Phi) is 5.24. The molecule has 1 aromatic rings. The number of anilines is 3. The quantitative estimate of drug-likeness (QED) is 0.504. The Labute approximate surface area is 119 Å². The monoisotopic (exact) mass is 277 g/mol. The molecular weight excluding hydrogens is 254 g/mol. The van der Waals surface area contributed by atoms with E-state index < -0.39 is 0 Å². The first-order valence-electron chi connectivity index (χ1n) is 7.22. The van der Waals surface area contributed by atoms with Crippen molar-refractivity contribution < 1.29 is 9.53 Å². The van der Waals surface area contributed by atoms with Gasteiger partial charge in [-0.2, -0.15) is 0 Å². The number of benzene rings is 1. The molecule has 2 rings (SSSR count). The van der Waals surface area contributed by atoms with Crippen LogP contribution in [0.15, 0.2) is 18.2 Å². The molecule has 1 saturated carbocycles. The first-order valence-corrected chi connectivity index (χ1v) is 7.22. The number of hydrogen-bond donors (Lipinski definition) is 3. The number of rotatable bonds is 8. The predicted octanol–water partition coefficient (Wildman–Crippen LogP) is 2.46. The van der Waals surface area contributed by atoms with E-state index in [2.05, 4.69) is 10.6 Å². The average Bonchev–Trinajstić information content (AvgIpc) is 3.25. The molecule has 0 spiro atoms. The number of nitrogens with one attached hydrogen (secondary N) is 2. The first-order chi connectivity index (χ1) is 9.70. The molecule has 110 valence electrons. The van der Waals surface area contributed by atoms with Crippen molar-refractivity contribution in [3.63, 3.8) is 0 Å². The van der Waals surface area contributed by atoms with Crippen molar-refractivity contribution in [2.75, 3.05) is 36.1 Å². The lowest BCUT2D eigenvalue weighted by atomic mass is 10.2. The van der Waals surface area contributed by atoms with Crippen molar-refractivity contribution >= 4 is 23.0 Å². The molecule has 1 fully saturated rings. The van der Waals surface area contributed by atoms with Crippen molar-refractivity contribution in [2.45, 2.75) is 26.2 Å². The van der Waals surface area contributed by atoms with Crippen LogP contribution in [0.2, 0.25) is 0 Å². The summed E-state index contributed by atoms with van der Waals surface area (Å²) >= 11 is 0. The number of ether oxygens (including phenoxy) is 1. The summed E-state index contributed by atoms with van der Waals surface area (Å²) in [6.45, 7) is 4.30. The second kappa shape index (κ2) is 7.14. The molecule has 0 saturated heterocycles. The highest BCUT2D eigenvalue weighted by atomic mass is 16.5. The third-order valence-corrected chi connectivity index (χ3v) is 3.25. The van der Waals surface area contributed by atoms with Crippen LogP contribution >= 0.6 is 0 Å². The van der Waals surface area contributed by atoms with Crippen LogP contribution in [0.3, 0.4) is 0 Å². The molecule has 1 aliphatic rings. The summed E-state index contributed by atoms with van der Waals surface area (Å²) in [5, 5.41) is 6.16. The number of nitrogens with two attached hydrogens (primary N) is 1. The Morgan fingerprint density at radius 3 is 2.90 bits per heavy atom. The van der Waals surface area contributed by atoms with Crippen LogP contribution in [0.25, 0.3) is 0 Å². The zero-order valence-electron chi connectivity index (χ0n) is 11.9. The fraction of sp³-hybridized carbons (Fsp3) is 0.533. The second-order valence-corrected chi connectivity index (χ2v) is 5.04. The molecule has 4 N–H and O–H groups in total. The fourth-order valence-corrected chi connectivity index (χ4v) is 1.93. The molecule has 0 aliphatic heterocycles. The number of carbonyl (C=O) groups is 1. The van der Waals surface area contributed by atoms with E-state index in [0.29, 0.717) is 5.69 Å². The van der Waals surface area contributed by atoms with Crippen LogP contribution in [0.1, 0.15) is 26.2 Å². The number of nitrogen functional groups attached to an aromatic ring is 1. The van der Waals surface area contributed by atoms with E-state index in [9.17, 15) is 4.79 Å². The SMILES string of the molecule is CCOCCCNc1ccc(NC(=O)C2CC2)cc1N. The summed E-state index contributed by atoms with van der Waals surface area (Å²) in [4.78, 5) is 11.7. The van der Waals surface area contributed by atoms with Crippen LogP contribution in [0, 0.1) is 5.92 Å². The third-order valence-electron chi connectivity index (χ3n) is 3.25. The normalized spacial score (nSPS) is 14.1. The minimum atomic E-state index is 0.0989. The van der Waals surface area contributed by atoms with Gasteiger partial charge in [-0.1, -0.05) is 0 Å². The minimum absolute atomic E-state index is 0.0989. The molecule has 5 heteroatoms. The van der Waals surface area contributed by atoms with Gasteiger partial charge in [0.05, 0.1) is 11.4 Å². The Balaban J connectivity index is 1.80. The minimum Gasteiger partial charge on any atom is -0.397 e. The lowest BCUT2D eigenvalue weighted by Gasteiger charge is -2.11. The Hall–Kier alpha value is -1.75. The van der Waals surface area contributed by atoms with Crippen molar-refractivity contribution in [3.8, 4) is 0 Å². The summed E-state index contributed by atoms with van der Waals surface area (Å²) in [5.41, 5.74) is 8.29. The maximum Gasteiger partial charge on any atom is 0.227 e. The van der Waals surface area contributed by atoms with Gasteiger partial charge in [-0.05, 0) is 44.4 Å². The molecule has 0 atom stereocenters. The van der Waals surface area contributed by atoms with E-state index >= 15 is 0 Å². The lowest BCUT2D eigenvalue weighted by molar-refractivity contribution is -0.117. The predicted molar refractivity (Wildman–Crippen MR) is 81.8 cm³/mol. The van der Waals surface area contributed by atoms with E-state index in [4.69, 9.17) is 10.5 Å². The van der Waals surface area contributed by atoms with Crippen molar-refractivity contribution in [3.05, 3.63) is 18.2 Å². The van der Waals surface area contributed by atoms with E-state index in [1.54, 1.807) is 6.07 Å². The third kappa shape index (κ3) is 4.42. The average molecular weight is 277 g/mol. The van der Waals surface area contributed by atoms with Gasteiger partial charge in [0.1, 0.15) is 0 Å². The maximum atomic E-state index is 11.7. The number of hydrogen-bond acceptors (Lipinski definition) is 4. The van der Waals surface area contributed by atoms with Gasteiger partial charge in [0.15, 0.2) is 0 Å². The topological polar surface area (TPSA) is 76.4 Å². The first kappa shape index (κ1) is 14.7. The number of carbonyl (C=O) groups excluding carboxylic acids is 1. The van der Waals surface area contributed by atoms with E-state index in [0.717, 1.165) is 50.4 Å². The van der Waals surface area contributed by atoms with E-state index in [1.165, 1.54) is 0 Å². The van der Waals surface area contributed by atoms with Crippen LogP contribution in [-0.4, -0.2) is 25.7 Å². The van der Waals surface area contributed by atoms with Gasteiger partial charge < -0.3 is 21.1 Å². The molecule has 0 heterocycles. The maximum absolute atomic E-state index is 11.7. The standard InChI is InChI=1S/C15H23N3O2/c1-2-20-9-3-8-17-14-7-6-12(10-13(14)16)18-15(19)11-4-5-11/h6-7,10-11,17H,2-5,8-9,16H2,1H3,(H,18,19). The van der Waals surface area contributed by atoms with Crippen molar-refractivity contribution in [1.29, 1.82) is 0 Å². The molecule has 0 radical (unpaired) electrons. The molecule has 0 unspecified atom stereocenters. The molecule has 1 amide bonds. The van der Waals surface area contributed by atoms with Crippen molar-refractivity contribution in [1.82, 2.24) is 0 Å². The van der Waals surface area contributed by atoms with Crippen LogP contribution in [-0.2, 0) is 9.53 Å². The molecule has 20 heavy (non-hydrogen) atoms. The van der Waals surface area contributed by atoms with Crippen LogP contribution in [0.5, 0.6) is 0 Å². The Morgan fingerprint density at radius 2 is 2.25 bits per heavy atom. The second-order valence-electron chi connectivity index (χ2n) is 5.04. The van der Waals surface area contributed by atoms with Gasteiger partial charge in [-0.25, -0.2) is 0 Å². The summed E-state index contributed by atoms with van der Waals surface area (Å²) in [6, 6.07) is 5.57. The molecule has 1 aliphatic carbocycles. The van der Waals surface area contributed by atoms with Gasteiger partial charge >= 0.3 is 0 Å². The summed E-state index contributed by atoms with van der Waals surface area (Å²) in [6.07, 6.45) is 2.94. The summed E-state index contributed by atoms with van der Waals surface area (Å²) in [7, 11) is 0. The lowest BCUT2D eigenvalue weighted by Crippen LogP contribution is -2.14. The Morgan fingerprint density at radius 1 is 1.45 bits per heavy atom. The van der Waals surface area contributed by atoms with Gasteiger partial charge in [-0.3, -0.25) is 4.79 Å². The zero-order chi connectivity index (χ0) is 14.4. The highest BCUT2D eigenvalue weighted by Crippen LogP contribution is 2.31. The highest BCUT2D eigenvalue weighted by Gasteiger charge is 2.29. The van der Waals surface area contributed by atoms with Gasteiger partial charge in [0, 0.05) is 31.4 Å². The number of amides is 1. The smallest absolute Gasteiger partial charge is 0.227 e. The van der Waals surface area contributed by atoms with Crippen LogP contribution < -0.4 is 16.4 Å². The highest BCUT2D eigenvalue weighted by molar-refractivity contribution is 5.95. The van der Waals surface area contributed by atoms with E-state index in [-0.39, 0.29) is 11.8 Å². The summed E-state index contributed by atoms with van der Waals surface area (Å²) < 4.78 is 5.27. The molecule has 1 aromatic carbocycles. The van der Waals surface area contributed by atoms with Gasteiger partial charge in [-0.15, -0.1) is 0 Å². The van der Waals surface area contributed by atoms with E-state index in [1.807, 2.05) is 19.1 Å².